The number of benzene rings is 12. The first-order chi connectivity index (χ1) is 37.7. The molecule has 15 rings (SSSR count). The monoisotopic (exact) mass is 966 g/mol. The van der Waals surface area contributed by atoms with E-state index in [1.807, 2.05) is 0 Å². The van der Waals surface area contributed by atoms with Crippen LogP contribution in [0, 0.1) is 0 Å². The van der Waals surface area contributed by atoms with E-state index in [0.29, 0.717) is 0 Å². The Morgan fingerprint density at radius 1 is 0.197 bits per heavy atom. The fourth-order valence-corrected chi connectivity index (χ4v) is 13.5. The van der Waals surface area contributed by atoms with Crippen LogP contribution in [0.4, 0.5) is 34.1 Å². The summed E-state index contributed by atoms with van der Waals surface area (Å²) < 4.78 is 0. The fourth-order valence-electron chi connectivity index (χ4n) is 13.5. The third-order valence-corrected chi connectivity index (χ3v) is 16.5. The van der Waals surface area contributed by atoms with Crippen molar-refractivity contribution in [3.8, 4) is 44.5 Å². The molecule has 1 unspecified atom stereocenters. The van der Waals surface area contributed by atoms with Crippen molar-refractivity contribution in [2.75, 3.05) is 9.80 Å². The number of anilines is 6. The molecule has 2 nitrogen and oxygen atoms in total. The Balaban J connectivity index is 0.985. The van der Waals surface area contributed by atoms with E-state index in [1.165, 1.54) is 89.0 Å². The number of rotatable bonds is 9. The van der Waals surface area contributed by atoms with Crippen LogP contribution in [-0.4, -0.2) is 0 Å². The van der Waals surface area contributed by atoms with Crippen LogP contribution in [0.15, 0.2) is 303 Å². The average Bonchev–Trinajstić information content (AvgIpc) is 4.11. The van der Waals surface area contributed by atoms with E-state index in [1.54, 1.807) is 0 Å². The van der Waals surface area contributed by atoms with Crippen molar-refractivity contribution in [3.63, 3.8) is 0 Å². The largest absolute Gasteiger partial charge is 0.310 e. The van der Waals surface area contributed by atoms with Crippen LogP contribution in [0.5, 0.6) is 0 Å². The van der Waals surface area contributed by atoms with E-state index in [9.17, 15) is 0 Å². The standard InChI is InChI=1S/C74H50N2/c1-7-25-51(26-8-1)63-49-65-61-39-21-24-42-68(61)74(71(65)50-72(63)76(55-33-15-5-16-34-55)56-35-17-6-18-36-56)67-41-23-19-37-59(67)62-45-43-58(48-70(62)74)75(54-31-13-4-14-32-54)57-44-46-69-64(47-57)60-38-20-22-40-66(60)73(69,52-27-9-2-10-28-52)53-29-11-3-12-30-53/h1-50H. The normalized spacial score (nSPS) is 14.7. The first-order valence-corrected chi connectivity index (χ1v) is 26.4. The molecule has 1 spiro atoms. The molecule has 0 radical (unpaired) electrons. The fraction of sp³-hybridized carbons (Fsp3) is 0.0270. The molecule has 3 aliphatic rings. The Morgan fingerprint density at radius 3 is 1.11 bits per heavy atom. The van der Waals surface area contributed by atoms with E-state index in [2.05, 4.69) is 313 Å². The molecule has 0 aliphatic heterocycles. The lowest BCUT2D eigenvalue weighted by Gasteiger charge is -2.35. The average molecular weight is 967 g/mol. The highest BCUT2D eigenvalue weighted by Gasteiger charge is 2.53. The van der Waals surface area contributed by atoms with Crippen molar-refractivity contribution in [1.82, 2.24) is 0 Å². The van der Waals surface area contributed by atoms with Gasteiger partial charge in [-0.2, -0.15) is 0 Å². The van der Waals surface area contributed by atoms with Crippen LogP contribution in [0.1, 0.15) is 44.5 Å². The van der Waals surface area contributed by atoms with Gasteiger partial charge < -0.3 is 9.80 Å². The SMILES string of the molecule is c1ccc(-c2cc3c(cc2N(c2ccccc2)c2ccccc2)C2(c4ccccc4-c4ccc(N(c5ccccc5)c5ccc6c(c5)-c5ccccc5C6(c5ccccc5)c5ccccc5)cc42)c2ccccc2-3)cc1. The number of fused-ring (bicyclic) bond motifs is 13. The highest BCUT2D eigenvalue weighted by molar-refractivity contribution is 6.01. The third kappa shape index (κ3) is 6.34. The molecule has 0 amide bonds. The van der Waals surface area contributed by atoms with Gasteiger partial charge in [-0.3, -0.25) is 0 Å². The molecule has 356 valence electrons. The summed E-state index contributed by atoms with van der Waals surface area (Å²) in [6.45, 7) is 0. The van der Waals surface area contributed by atoms with Gasteiger partial charge in [0.05, 0.1) is 16.5 Å². The maximum absolute atomic E-state index is 2.54. The van der Waals surface area contributed by atoms with Crippen molar-refractivity contribution in [1.29, 1.82) is 0 Å². The summed E-state index contributed by atoms with van der Waals surface area (Å²) in [4.78, 5) is 4.92. The van der Waals surface area contributed by atoms with Gasteiger partial charge in [-0.15, -0.1) is 0 Å². The number of hydrogen-bond donors (Lipinski definition) is 0. The van der Waals surface area contributed by atoms with E-state index in [-0.39, 0.29) is 0 Å². The Kier molecular flexibility index (Phi) is 10.0. The zero-order valence-electron chi connectivity index (χ0n) is 41.8. The van der Waals surface area contributed by atoms with Crippen LogP contribution < -0.4 is 9.80 Å². The minimum atomic E-state index is -0.638. The molecule has 0 N–H and O–H groups in total. The van der Waals surface area contributed by atoms with Crippen LogP contribution in [0.25, 0.3) is 44.5 Å². The van der Waals surface area contributed by atoms with Gasteiger partial charge in [0.25, 0.3) is 0 Å². The molecule has 0 fully saturated rings. The van der Waals surface area contributed by atoms with Crippen molar-refractivity contribution in [2.24, 2.45) is 0 Å². The van der Waals surface area contributed by atoms with Crippen LogP contribution in [0.3, 0.4) is 0 Å². The maximum Gasteiger partial charge on any atom is 0.0727 e. The Labute approximate surface area is 444 Å². The molecule has 2 heteroatoms. The first kappa shape index (κ1) is 43.8. The zero-order valence-corrected chi connectivity index (χ0v) is 41.8. The van der Waals surface area contributed by atoms with Crippen molar-refractivity contribution < 1.29 is 0 Å². The van der Waals surface area contributed by atoms with Gasteiger partial charge >= 0.3 is 0 Å². The second-order valence-corrected chi connectivity index (χ2v) is 20.3. The van der Waals surface area contributed by atoms with E-state index in [0.717, 1.165) is 34.1 Å². The van der Waals surface area contributed by atoms with E-state index >= 15 is 0 Å². The van der Waals surface area contributed by atoms with Gasteiger partial charge in [-0.1, -0.05) is 231 Å². The number of nitrogens with zero attached hydrogens (tertiary/aromatic N) is 2. The Hall–Kier alpha value is -9.76. The van der Waals surface area contributed by atoms with Crippen LogP contribution in [0.2, 0.25) is 0 Å². The summed E-state index contributed by atoms with van der Waals surface area (Å²) >= 11 is 0. The molecule has 3 aliphatic carbocycles. The molecule has 0 aromatic heterocycles. The Bertz CT molecular complexity index is 4080. The number of para-hydroxylation sites is 3. The molecular formula is C74H50N2. The maximum atomic E-state index is 2.54. The highest BCUT2D eigenvalue weighted by Crippen LogP contribution is 2.65. The summed E-state index contributed by atoms with van der Waals surface area (Å²) in [6, 6.07) is 113. The molecular weight excluding hydrogens is 917 g/mol. The van der Waals surface area contributed by atoms with Gasteiger partial charge in [0.1, 0.15) is 0 Å². The summed E-state index contributed by atoms with van der Waals surface area (Å²) in [7, 11) is 0. The molecule has 12 aromatic carbocycles. The molecule has 0 saturated carbocycles. The Morgan fingerprint density at radius 2 is 0.566 bits per heavy atom. The molecule has 0 saturated heterocycles. The lowest BCUT2D eigenvalue weighted by molar-refractivity contribution is 0.768. The van der Waals surface area contributed by atoms with Gasteiger partial charge in [0, 0.05) is 34.0 Å². The summed E-state index contributed by atoms with van der Waals surface area (Å²) in [6.07, 6.45) is 0. The number of hydrogen-bond acceptors (Lipinski definition) is 2. The summed E-state index contributed by atoms with van der Waals surface area (Å²) in [5.41, 5.74) is 25.7. The lowest BCUT2D eigenvalue weighted by Crippen LogP contribution is -2.28. The summed E-state index contributed by atoms with van der Waals surface area (Å²) in [5, 5.41) is 0. The minimum absolute atomic E-state index is 0.491. The molecule has 12 aromatic rings. The predicted molar refractivity (Wildman–Crippen MR) is 315 cm³/mol. The van der Waals surface area contributed by atoms with Gasteiger partial charge in [-0.05, 0) is 156 Å². The molecule has 1 atom stereocenters. The van der Waals surface area contributed by atoms with E-state index in [4.69, 9.17) is 0 Å². The quantitative estimate of drug-likeness (QED) is 0.142. The first-order valence-electron chi connectivity index (χ1n) is 26.4. The van der Waals surface area contributed by atoms with Crippen molar-refractivity contribution >= 4 is 34.1 Å². The van der Waals surface area contributed by atoms with Crippen molar-refractivity contribution in [3.05, 3.63) is 348 Å². The van der Waals surface area contributed by atoms with Crippen LogP contribution in [-0.2, 0) is 10.8 Å². The second kappa shape index (κ2) is 17.4. The molecule has 0 heterocycles. The second-order valence-electron chi connectivity index (χ2n) is 20.3. The van der Waals surface area contributed by atoms with Gasteiger partial charge in [-0.25, -0.2) is 0 Å². The van der Waals surface area contributed by atoms with Gasteiger partial charge in [0.15, 0.2) is 0 Å². The molecule has 0 bridgehead atoms. The van der Waals surface area contributed by atoms with Crippen molar-refractivity contribution in [2.45, 2.75) is 10.8 Å². The predicted octanol–water partition coefficient (Wildman–Crippen LogP) is 19.0. The minimum Gasteiger partial charge on any atom is -0.310 e. The lowest BCUT2D eigenvalue weighted by atomic mass is 9.68. The van der Waals surface area contributed by atoms with E-state index < -0.39 is 10.8 Å². The van der Waals surface area contributed by atoms with Gasteiger partial charge in [0.2, 0.25) is 0 Å². The zero-order chi connectivity index (χ0) is 50.2. The molecule has 76 heavy (non-hydrogen) atoms. The topological polar surface area (TPSA) is 6.48 Å². The summed E-state index contributed by atoms with van der Waals surface area (Å²) in [5.74, 6) is 0. The smallest absolute Gasteiger partial charge is 0.0727 e. The third-order valence-electron chi connectivity index (χ3n) is 16.5. The highest BCUT2D eigenvalue weighted by atomic mass is 15.1. The van der Waals surface area contributed by atoms with Crippen LogP contribution >= 0.6 is 0 Å².